The third-order valence-electron chi connectivity index (χ3n) is 8.62. The van der Waals surface area contributed by atoms with E-state index in [2.05, 4.69) is 0 Å². The predicted molar refractivity (Wildman–Crippen MR) is 237 cm³/mol. The SMILES string of the molecule is [2H]c1c([2H])c([2H])c(-c2c([2H])c([2H])c(N(c3c([2H])c([2H])c(-c4c([2H])c([2H])c([2H])c([2H])c4[2H])c([2H])c3[2H])c3c([2H])c([2H])c(-c4c([2H])c([2H])c([2H])c([2H])c4-c4c([2H])c([2H])c([2H])c5c4oc4c([2H])c([2H])c([2H])c([2H])c45)c4oc5c([2H])c([2H])c([2H])c([2H])c5c34)c([2H])c2[2H])c([2H])c1[2H]. The molecule has 0 amide bonds. The van der Waals surface area contributed by atoms with E-state index in [0.29, 0.717) is 4.90 Å². The zero-order valence-corrected chi connectivity index (χ0v) is 28.3. The van der Waals surface area contributed by atoms with Crippen LogP contribution in [-0.2, 0) is 0 Å². The van der Waals surface area contributed by atoms with Crippen LogP contribution in [0, 0.1) is 0 Å². The fraction of sp³-hybridized carbons (Fsp3) is 0. The maximum absolute atomic E-state index is 10.2. The summed E-state index contributed by atoms with van der Waals surface area (Å²) in [4.78, 5) is 0.306. The van der Waals surface area contributed by atoms with Crippen LogP contribution in [0.1, 0.15) is 48.0 Å². The van der Waals surface area contributed by atoms with Gasteiger partial charge in [-0.25, -0.2) is 0 Å². The summed E-state index contributed by atoms with van der Waals surface area (Å²) in [6.07, 6.45) is 0. The van der Waals surface area contributed by atoms with Crippen LogP contribution in [0.15, 0.2) is 220 Å². The minimum absolute atomic E-state index is 0.306. The Morgan fingerprint density at radius 1 is 0.316 bits per heavy atom. The minimum atomic E-state index is -1.40. The van der Waals surface area contributed by atoms with Crippen molar-refractivity contribution in [2.45, 2.75) is 0 Å². The van der Waals surface area contributed by atoms with Gasteiger partial charge in [-0.2, -0.15) is 0 Å². The van der Waals surface area contributed by atoms with Crippen molar-refractivity contribution in [2.24, 2.45) is 0 Å². The van der Waals surface area contributed by atoms with Gasteiger partial charge in [0.15, 0.2) is 0 Å². The van der Waals surface area contributed by atoms with Crippen LogP contribution < -0.4 is 4.90 Å². The molecular weight excluding hydrogens is 695 g/mol. The number of furan rings is 2. The molecule has 0 unspecified atom stereocenters. The molecule has 11 aromatic rings. The number of fused-ring (bicyclic) bond motifs is 6. The van der Waals surface area contributed by atoms with Gasteiger partial charge in [0.25, 0.3) is 0 Å². The van der Waals surface area contributed by atoms with Crippen molar-refractivity contribution in [3.8, 4) is 44.5 Å². The first-order valence-corrected chi connectivity index (χ1v) is 16.5. The zero-order valence-electron chi connectivity index (χ0n) is 63.3. The van der Waals surface area contributed by atoms with E-state index in [0.717, 1.165) is 0 Å². The van der Waals surface area contributed by atoms with E-state index in [-0.39, 0.29) is 0 Å². The first-order valence-electron chi connectivity index (χ1n) is 34.0. The first-order chi connectivity index (χ1) is 42.8. The van der Waals surface area contributed by atoms with Crippen molar-refractivity contribution in [1.82, 2.24) is 0 Å². The Bertz CT molecular complexity index is 5050. The smallest absolute Gasteiger partial charge is 0.145 e. The summed E-state index contributed by atoms with van der Waals surface area (Å²) in [6.45, 7) is 0. The Balaban J connectivity index is 1.40. The van der Waals surface area contributed by atoms with Gasteiger partial charge in [0.05, 0.1) is 59.1 Å². The summed E-state index contributed by atoms with van der Waals surface area (Å²) < 4.78 is 329. The van der Waals surface area contributed by atoms with Gasteiger partial charge < -0.3 is 13.7 Å². The molecule has 2 heterocycles. The highest BCUT2D eigenvalue weighted by atomic mass is 16.3. The van der Waals surface area contributed by atoms with Crippen LogP contribution in [0.25, 0.3) is 88.4 Å². The van der Waals surface area contributed by atoms with Crippen molar-refractivity contribution in [2.75, 3.05) is 4.90 Å². The Morgan fingerprint density at radius 3 is 1.37 bits per heavy atom. The van der Waals surface area contributed by atoms with Crippen LogP contribution in [0.5, 0.6) is 0 Å². The fourth-order valence-electron chi connectivity index (χ4n) is 6.17. The number of nitrogens with zero attached hydrogens (tertiary/aromatic N) is 1. The highest BCUT2D eigenvalue weighted by Crippen LogP contribution is 2.48. The number of benzene rings is 9. The average Bonchev–Trinajstić information content (AvgIpc) is 1.35. The summed E-state index contributed by atoms with van der Waals surface area (Å²) in [6, 6.07) is -38.3. The van der Waals surface area contributed by atoms with Gasteiger partial charge in [-0.1, -0.05) is 163 Å². The van der Waals surface area contributed by atoms with Crippen molar-refractivity contribution in [3.63, 3.8) is 0 Å². The highest BCUT2D eigenvalue weighted by molar-refractivity contribution is 6.18. The van der Waals surface area contributed by atoms with Gasteiger partial charge in [0.1, 0.15) is 22.3 Å². The van der Waals surface area contributed by atoms with Gasteiger partial charge in [-0.15, -0.1) is 0 Å². The van der Waals surface area contributed by atoms with E-state index in [1.165, 1.54) is 0 Å². The Hall–Kier alpha value is -7.62. The molecule has 57 heavy (non-hydrogen) atoms. The Morgan fingerprint density at radius 2 is 0.754 bits per heavy atom. The summed E-state index contributed by atoms with van der Waals surface area (Å²) in [7, 11) is 0. The maximum Gasteiger partial charge on any atom is 0.145 e. The largest absolute Gasteiger partial charge is 0.455 e. The number of hydrogen-bond donors (Lipinski definition) is 0. The van der Waals surface area contributed by atoms with Crippen LogP contribution in [-0.4, -0.2) is 0 Å². The quantitative estimate of drug-likeness (QED) is 0.162. The number of hydrogen-bond acceptors (Lipinski definition) is 3. The lowest BCUT2D eigenvalue weighted by atomic mass is 9.92. The predicted octanol–water partition coefficient (Wildman–Crippen LogP) is 15.6. The Labute approximate surface area is 379 Å². The molecule has 0 radical (unpaired) electrons. The molecule has 9 aromatic carbocycles. The van der Waals surface area contributed by atoms with Crippen LogP contribution in [0.2, 0.25) is 0 Å². The van der Waals surface area contributed by atoms with Crippen molar-refractivity contribution in [3.05, 3.63) is 211 Å². The minimum Gasteiger partial charge on any atom is -0.455 e. The molecular formula is C54H35NO2. The molecule has 0 aliphatic heterocycles. The molecule has 0 aliphatic rings. The van der Waals surface area contributed by atoms with Gasteiger partial charge in [-0.3, -0.25) is 0 Å². The maximum atomic E-state index is 10.2. The van der Waals surface area contributed by atoms with E-state index < -0.39 is 317 Å². The molecule has 0 spiro atoms. The van der Waals surface area contributed by atoms with E-state index in [1.807, 2.05) is 0 Å². The lowest BCUT2D eigenvalue weighted by Crippen LogP contribution is -2.10. The molecule has 11 rings (SSSR count). The van der Waals surface area contributed by atoms with E-state index in [4.69, 9.17) is 37.6 Å². The summed E-state index contributed by atoms with van der Waals surface area (Å²) >= 11 is 0. The lowest BCUT2D eigenvalue weighted by Gasteiger charge is -2.27. The zero-order chi connectivity index (χ0) is 68.2. The van der Waals surface area contributed by atoms with Crippen molar-refractivity contribution in [1.29, 1.82) is 0 Å². The first kappa shape index (κ1) is 13.0. The van der Waals surface area contributed by atoms with Crippen molar-refractivity contribution < 1.29 is 56.8 Å². The third-order valence-corrected chi connectivity index (χ3v) is 8.62. The molecule has 0 bridgehead atoms. The number of anilines is 3. The van der Waals surface area contributed by atoms with Crippen molar-refractivity contribution >= 4 is 60.9 Å². The number of rotatable bonds is 7. The topological polar surface area (TPSA) is 29.5 Å². The van der Waals surface area contributed by atoms with E-state index in [1.54, 1.807) is 0 Å². The molecule has 0 N–H and O–H groups in total. The standard InChI is InChI=1S/C54H35NO2/c1-3-14-36(15-4-1)38-26-30-40(31-27-38)55(41-32-28-39(29-33-41)37-16-5-2-6-17-37)49-35-34-47(54-52(49)48-21-10-12-25-51(48)57-54)43-19-8-7-18-42(43)45-22-13-23-46-44-20-9-11-24-50(44)56-53(45)46/h1-35H/i1D,2D,3D,4D,5D,6D,7D,8D,9D,10D,11D,12D,13D,14D,15D,16D,17D,18D,19D,20D,21D,22D,23D,24D,25D,26D,27D,28D,29D,30D,31D,32D,33D,34D,35D. The van der Waals surface area contributed by atoms with Crippen LogP contribution in [0.4, 0.5) is 17.1 Å². The summed E-state index contributed by atoms with van der Waals surface area (Å²) in [5.74, 6) is 0. The molecule has 0 fully saturated rings. The summed E-state index contributed by atoms with van der Waals surface area (Å²) in [5.41, 5.74) is -14.6. The van der Waals surface area contributed by atoms with Gasteiger partial charge in [0.2, 0.25) is 0 Å². The molecule has 2 aromatic heterocycles. The molecule has 268 valence electrons. The van der Waals surface area contributed by atoms with Gasteiger partial charge >= 0.3 is 0 Å². The lowest BCUT2D eigenvalue weighted by molar-refractivity contribution is 0.669. The normalized spacial score (nSPS) is 20.1. The summed E-state index contributed by atoms with van der Waals surface area (Å²) in [5, 5.41) is -2.89. The monoisotopic (exact) mass is 764 g/mol. The molecule has 0 aliphatic carbocycles. The van der Waals surface area contributed by atoms with Gasteiger partial charge in [0, 0.05) is 38.7 Å². The molecule has 0 atom stereocenters. The molecule has 3 heteroatoms. The second-order valence-electron chi connectivity index (χ2n) is 11.8. The number of para-hydroxylation sites is 3. The second kappa shape index (κ2) is 13.6. The second-order valence-corrected chi connectivity index (χ2v) is 11.8. The van der Waals surface area contributed by atoms with Crippen LogP contribution >= 0.6 is 0 Å². The van der Waals surface area contributed by atoms with E-state index in [9.17, 15) is 19.2 Å². The average molecular weight is 765 g/mol. The molecule has 3 nitrogen and oxygen atoms in total. The third kappa shape index (κ3) is 5.60. The highest BCUT2D eigenvalue weighted by Gasteiger charge is 2.24. The fourth-order valence-corrected chi connectivity index (χ4v) is 6.17. The Kier molecular flexibility index (Phi) is 3.09. The van der Waals surface area contributed by atoms with Crippen LogP contribution in [0.3, 0.4) is 0 Å². The van der Waals surface area contributed by atoms with Gasteiger partial charge in [-0.05, 0) is 81.7 Å². The molecule has 0 saturated heterocycles. The molecule has 0 saturated carbocycles. The van der Waals surface area contributed by atoms with E-state index >= 15 is 0 Å².